The first-order valence-electron chi connectivity index (χ1n) is 11.8. The normalized spacial score (nSPS) is 15.6. The first kappa shape index (κ1) is 25.5. The van der Waals surface area contributed by atoms with Gasteiger partial charge in [0.1, 0.15) is 6.04 Å². The van der Waals surface area contributed by atoms with Crippen LogP contribution in [0.3, 0.4) is 0 Å². The third kappa shape index (κ3) is 5.94. The minimum atomic E-state index is -3.84. The molecule has 7 nitrogen and oxygen atoms in total. The highest BCUT2D eigenvalue weighted by Gasteiger charge is 2.29. The molecular formula is C28H29N3O4S. The van der Waals surface area contributed by atoms with Crippen LogP contribution in [-0.2, 0) is 15.0 Å². The zero-order valence-corrected chi connectivity index (χ0v) is 21.1. The Morgan fingerprint density at radius 1 is 1.00 bits per heavy atom. The van der Waals surface area contributed by atoms with Crippen molar-refractivity contribution in [2.24, 2.45) is 0 Å². The number of carbonyl (C=O) groups is 1. The Balaban J connectivity index is 1.41. The van der Waals surface area contributed by atoms with Gasteiger partial charge in [-0.15, -0.1) is 0 Å². The van der Waals surface area contributed by atoms with E-state index in [-0.39, 0.29) is 13.1 Å². The van der Waals surface area contributed by atoms with Gasteiger partial charge in [-0.1, -0.05) is 48.3 Å². The summed E-state index contributed by atoms with van der Waals surface area (Å²) in [6, 6.07) is 19.2. The van der Waals surface area contributed by atoms with Crippen LogP contribution < -0.4 is 9.62 Å². The predicted molar refractivity (Wildman–Crippen MR) is 144 cm³/mol. The number of nitrogens with one attached hydrogen (secondary N) is 1. The van der Waals surface area contributed by atoms with E-state index in [1.807, 2.05) is 43.3 Å². The lowest BCUT2D eigenvalue weighted by Crippen LogP contribution is -2.54. The first-order valence-corrected chi connectivity index (χ1v) is 13.2. The number of hydrogen-bond donors (Lipinski definition) is 2. The third-order valence-corrected chi connectivity index (χ3v) is 7.82. The molecule has 0 aliphatic carbocycles. The second kappa shape index (κ2) is 11.0. The van der Waals surface area contributed by atoms with Crippen LogP contribution in [0.15, 0.2) is 66.7 Å². The largest absolute Gasteiger partial charge is 0.480 e. The van der Waals surface area contributed by atoms with Gasteiger partial charge in [-0.2, -0.15) is 17.4 Å². The number of benzene rings is 3. The summed E-state index contributed by atoms with van der Waals surface area (Å²) in [7, 11) is -3.84. The van der Waals surface area contributed by atoms with Crippen LogP contribution in [0.5, 0.6) is 0 Å². The second-order valence-corrected chi connectivity index (χ2v) is 10.4. The minimum Gasteiger partial charge on any atom is -0.480 e. The molecule has 3 aromatic carbocycles. The molecule has 1 aliphatic heterocycles. The maximum atomic E-state index is 12.4. The molecular weight excluding hydrogens is 474 g/mol. The van der Waals surface area contributed by atoms with E-state index in [2.05, 4.69) is 57.9 Å². The molecule has 1 fully saturated rings. The van der Waals surface area contributed by atoms with E-state index in [1.54, 1.807) is 0 Å². The fraction of sp³-hybridized carbons (Fsp3) is 0.250. The summed E-state index contributed by atoms with van der Waals surface area (Å²) in [6.07, 6.45) is 4.13. The van der Waals surface area contributed by atoms with Crippen molar-refractivity contribution in [3.8, 4) is 11.8 Å². The lowest BCUT2D eigenvalue weighted by molar-refractivity contribution is -0.138. The highest BCUT2D eigenvalue weighted by molar-refractivity contribution is 7.87. The predicted octanol–water partition coefficient (Wildman–Crippen LogP) is 3.70. The molecule has 0 saturated carbocycles. The monoisotopic (exact) mass is 503 g/mol. The van der Waals surface area contributed by atoms with E-state index < -0.39 is 22.2 Å². The summed E-state index contributed by atoms with van der Waals surface area (Å²) in [4.78, 5) is 13.1. The number of carboxylic acids is 1. The van der Waals surface area contributed by atoms with Gasteiger partial charge in [0.05, 0.1) is 0 Å². The number of rotatable bonds is 6. The Morgan fingerprint density at radius 3 is 2.33 bits per heavy atom. The molecule has 0 unspecified atom stereocenters. The zero-order valence-electron chi connectivity index (χ0n) is 20.3. The average Bonchev–Trinajstić information content (AvgIpc) is 2.88. The van der Waals surface area contributed by atoms with E-state index in [1.165, 1.54) is 27.6 Å². The first-order chi connectivity index (χ1) is 17.3. The molecule has 3 aromatic rings. The number of nitrogens with zero attached hydrogens (tertiary/aromatic N) is 2. The van der Waals surface area contributed by atoms with Crippen molar-refractivity contribution >= 4 is 38.7 Å². The van der Waals surface area contributed by atoms with E-state index in [0.717, 1.165) is 16.8 Å². The molecule has 36 heavy (non-hydrogen) atoms. The van der Waals surface area contributed by atoms with Gasteiger partial charge in [-0.05, 0) is 66.6 Å². The number of hydrogen-bond acceptors (Lipinski definition) is 4. The molecule has 0 aromatic heterocycles. The van der Waals surface area contributed by atoms with Crippen LogP contribution in [0, 0.1) is 11.8 Å². The van der Waals surface area contributed by atoms with E-state index >= 15 is 0 Å². The van der Waals surface area contributed by atoms with Gasteiger partial charge >= 0.3 is 5.97 Å². The number of fused-ring (bicyclic) bond motifs is 1. The van der Waals surface area contributed by atoms with Crippen molar-refractivity contribution in [1.29, 1.82) is 0 Å². The van der Waals surface area contributed by atoms with Crippen LogP contribution in [0.1, 0.15) is 30.5 Å². The standard InChI is InChI=1S/C28H29N3O4S/c1-3-5-24-6-4-7-25-13-10-23(20-27(24)25)9-8-22-11-14-26(15-12-22)30-16-18-31(19-17-30)36(34,35)29-21(2)28(32)33/h3-7,10-15,20-21,29H,16-19H2,1-2H3,(H,32,33)/b5-3+/t21-/m1/s1. The smallest absolute Gasteiger partial charge is 0.321 e. The Kier molecular flexibility index (Phi) is 7.75. The van der Waals surface area contributed by atoms with Crippen LogP contribution >= 0.6 is 0 Å². The van der Waals surface area contributed by atoms with Gasteiger partial charge in [0.25, 0.3) is 10.2 Å². The Labute approximate surface area is 212 Å². The Morgan fingerprint density at radius 2 is 1.67 bits per heavy atom. The second-order valence-electron chi connectivity index (χ2n) is 8.65. The topological polar surface area (TPSA) is 90.0 Å². The molecule has 8 heteroatoms. The third-order valence-electron chi connectivity index (χ3n) is 6.12. The Hall–Kier alpha value is -3.64. The molecule has 0 spiro atoms. The van der Waals surface area contributed by atoms with E-state index in [0.29, 0.717) is 13.1 Å². The fourth-order valence-corrected chi connectivity index (χ4v) is 5.48. The maximum absolute atomic E-state index is 12.4. The van der Waals surface area contributed by atoms with E-state index in [9.17, 15) is 13.2 Å². The summed E-state index contributed by atoms with van der Waals surface area (Å²) in [5, 5.41) is 11.3. The van der Waals surface area contributed by atoms with Crippen molar-refractivity contribution in [3.05, 3.63) is 83.4 Å². The molecule has 0 amide bonds. The molecule has 4 rings (SSSR count). The lowest BCUT2D eigenvalue weighted by atomic mass is 10.0. The number of aliphatic carboxylic acids is 1. The summed E-state index contributed by atoms with van der Waals surface area (Å²) < 4.78 is 28.3. The number of piperazine rings is 1. The van der Waals surface area contributed by atoms with Crippen molar-refractivity contribution in [2.75, 3.05) is 31.1 Å². The van der Waals surface area contributed by atoms with Gasteiger partial charge < -0.3 is 10.0 Å². The summed E-state index contributed by atoms with van der Waals surface area (Å²) in [5.74, 6) is 5.28. The van der Waals surface area contributed by atoms with Crippen LogP contribution in [0.4, 0.5) is 5.69 Å². The molecule has 1 heterocycles. The Bertz CT molecular complexity index is 1450. The van der Waals surface area contributed by atoms with Crippen molar-refractivity contribution in [3.63, 3.8) is 0 Å². The highest BCUT2D eigenvalue weighted by atomic mass is 32.2. The maximum Gasteiger partial charge on any atom is 0.321 e. The van der Waals surface area contributed by atoms with Crippen molar-refractivity contribution < 1.29 is 18.3 Å². The number of carboxylic acid groups (broad SMARTS) is 1. The molecule has 1 aliphatic rings. The quantitative estimate of drug-likeness (QED) is 0.501. The van der Waals surface area contributed by atoms with Crippen LogP contribution in [-0.4, -0.2) is 56.0 Å². The van der Waals surface area contributed by atoms with Gasteiger partial charge in [-0.25, -0.2) is 0 Å². The SMILES string of the molecule is C/C=C/c1cccc2ccc(C#Cc3ccc(N4CCN(S(=O)(=O)N[C@H](C)C(=O)O)CC4)cc3)cc12. The van der Waals surface area contributed by atoms with Gasteiger partial charge in [-0.3, -0.25) is 4.79 Å². The molecule has 0 bridgehead atoms. The molecule has 1 atom stereocenters. The lowest BCUT2D eigenvalue weighted by Gasteiger charge is -2.35. The molecule has 0 radical (unpaired) electrons. The molecule has 1 saturated heterocycles. The summed E-state index contributed by atoms with van der Waals surface area (Å²) >= 11 is 0. The summed E-state index contributed by atoms with van der Waals surface area (Å²) in [5.41, 5.74) is 4.01. The average molecular weight is 504 g/mol. The fourth-order valence-electron chi connectivity index (χ4n) is 4.13. The van der Waals surface area contributed by atoms with Crippen molar-refractivity contribution in [2.45, 2.75) is 19.9 Å². The highest BCUT2D eigenvalue weighted by Crippen LogP contribution is 2.22. The van der Waals surface area contributed by atoms with Crippen LogP contribution in [0.2, 0.25) is 0 Å². The zero-order chi connectivity index (χ0) is 25.7. The van der Waals surface area contributed by atoms with E-state index in [4.69, 9.17) is 5.11 Å². The van der Waals surface area contributed by atoms with Gasteiger partial charge in [0.2, 0.25) is 0 Å². The van der Waals surface area contributed by atoms with Crippen LogP contribution in [0.25, 0.3) is 16.8 Å². The number of anilines is 1. The molecule has 2 N–H and O–H groups in total. The number of allylic oxidation sites excluding steroid dienone is 1. The minimum absolute atomic E-state index is 0.278. The van der Waals surface area contributed by atoms with Gasteiger partial charge in [0.15, 0.2) is 0 Å². The summed E-state index contributed by atoms with van der Waals surface area (Å²) in [6.45, 7) is 4.90. The van der Waals surface area contributed by atoms with Gasteiger partial charge in [0, 0.05) is 43.0 Å². The van der Waals surface area contributed by atoms with Crippen molar-refractivity contribution in [1.82, 2.24) is 9.03 Å². The molecule has 186 valence electrons.